The number of nitrogens with zero attached hydrogens (tertiary/aromatic N) is 1. The van der Waals surface area contributed by atoms with Gasteiger partial charge in [-0.3, -0.25) is 5.43 Å². The van der Waals surface area contributed by atoms with Crippen molar-refractivity contribution in [2.24, 2.45) is 5.29 Å². The summed E-state index contributed by atoms with van der Waals surface area (Å²) < 4.78 is 0. The van der Waals surface area contributed by atoms with Crippen molar-refractivity contribution in [1.82, 2.24) is 5.43 Å². The summed E-state index contributed by atoms with van der Waals surface area (Å²) in [6.07, 6.45) is 3.01. The second-order valence-corrected chi connectivity index (χ2v) is 2.87. The van der Waals surface area contributed by atoms with Crippen molar-refractivity contribution in [1.29, 1.82) is 0 Å². The van der Waals surface area contributed by atoms with E-state index in [9.17, 15) is 4.91 Å². The lowest BCUT2D eigenvalue weighted by Gasteiger charge is -2.25. The minimum atomic E-state index is -0.0868. The van der Waals surface area contributed by atoms with E-state index < -0.39 is 0 Å². The highest BCUT2D eigenvalue weighted by Gasteiger charge is 2.19. The normalized spacial score (nSPS) is 15.9. The van der Waals surface area contributed by atoms with Crippen LogP contribution in [-0.4, -0.2) is 5.54 Å². The summed E-state index contributed by atoms with van der Waals surface area (Å²) in [4.78, 5) is 9.89. The SMILES string of the molecule is CCCC(C)(CC)NN=O. The first-order valence-electron chi connectivity index (χ1n) is 3.78. The molecule has 0 radical (unpaired) electrons. The van der Waals surface area contributed by atoms with Crippen LogP contribution in [0.4, 0.5) is 0 Å². The molecule has 0 saturated heterocycles. The number of nitroso groups, excluding NO2 is 1. The highest BCUT2D eigenvalue weighted by atomic mass is 16.3. The van der Waals surface area contributed by atoms with Gasteiger partial charge in [0.05, 0.1) is 10.8 Å². The molecule has 0 bridgehead atoms. The van der Waals surface area contributed by atoms with Crippen molar-refractivity contribution in [3.05, 3.63) is 4.91 Å². The van der Waals surface area contributed by atoms with Crippen LogP contribution in [0.15, 0.2) is 5.29 Å². The van der Waals surface area contributed by atoms with Crippen LogP contribution in [0.3, 0.4) is 0 Å². The number of nitrogens with one attached hydrogen (secondary N) is 1. The van der Waals surface area contributed by atoms with Gasteiger partial charge in [0.25, 0.3) is 0 Å². The lowest BCUT2D eigenvalue weighted by molar-refractivity contribution is 0.322. The lowest BCUT2D eigenvalue weighted by Crippen LogP contribution is -2.37. The van der Waals surface area contributed by atoms with E-state index in [0.717, 1.165) is 19.3 Å². The van der Waals surface area contributed by atoms with Crippen LogP contribution in [0.1, 0.15) is 40.0 Å². The van der Waals surface area contributed by atoms with E-state index in [1.165, 1.54) is 0 Å². The van der Waals surface area contributed by atoms with Crippen molar-refractivity contribution >= 4 is 0 Å². The van der Waals surface area contributed by atoms with Crippen LogP contribution in [0.25, 0.3) is 0 Å². The fourth-order valence-electron chi connectivity index (χ4n) is 0.974. The van der Waals surface area contributed by atoms with Gasteiger partial charge >= 0.3 is 0 Å². The van der Waals surface area contributed by atoms with E-state index in [1.807, 2.05) is 13.8 Å². The molecule has 10 heavy (non-hydrogen) atoms. The molecule has 1 unspecified atom stereocenters. The summed E-state index contributed by atoms with van der Waals surface area (Å²) in [6, 6.07) is 0. The molecule has 1 atom stereocenters. The van der Waals surface area contributed by atoms with Crippen molar-refractivity contribution in [3.8, 4) is 0 Å². The Morgan fingerprint density at radius 2 is 2.10 bits per heavy atom. The molecule has 3 nitrogen and oxygen atoms in total. The van der Waals surface area contributed by atoms with E-state index >= 15 is 0 Å². The molecule has 0 heterocycles. The van der Waals surface area contributed by atoms with Crippen LogP contribution in [0, 0.1) is 4.91 Å². The minimum absolute atomic E-state index is 0.0868. The zero-order valence-corrected chi connectivity index (χ0v) is 6.98. The summed E-state index contributed by atoms with van der Waals surface area (Å²) in [7, 11) is 0. The third kappa shape index (κ3) is 2.80. The number of rotatable bonds is 5. The van der Waals surface area contributed by atoms with Crippen molar-refractivity contribution in [2.75, 3.05) is 0 Å². The Labute approximate surface area is 62.1 Å². The average molecular weight is 144 g/mol. The molecule has 0 aromatic rings. The maximum Gasteiger partial charge on any atom is 0.0550 e. The van der Waals surface area contributed by atoms with Gasteiger partial charge < -0.3 is 0 Å². The van der Waals surface area contributed by atoms with Crippen molar-refractivity contribution in [2.45, 2.75) is 45.6 Å². The van der Waals surface area contributed by atoms with E-state index in [0.29, 0.717) is 0 Å². The fourth-order valence-corrected chi connectivity index (χ4v) is 0.974. The molecule has 0 aliphatic rings. The van der Waals surface area contributed by atoms with Gasteiger partial charge in [0.1, 0.15) is 0 Å². The summed E-state index contributed by atoms with van der Waals surface area (Å²) in [5.74, 6) is 0. The van der Waals surface area contributed by atoms with Crippen molar-refractivity contribution in [3.63, 3.8) is 0 Å². The molecule has 0 fully saturated rings. The smallest absolute Gasteiger partial charge is 0.0550 e. The topological polar surface area (TPSA) is 41.5 Å². The largest absolute Gasteiger partial charge is 0.268 e. The van der Waals surface area contributed by atoms with Gasteiger partial charge in [-0.1, -0.05) is 20.3 Å². The molecule has 0 saturated carbocycles. The van der Waals surface area contributed by atoms with Gasteiger partial charge in [0.2, 0.25) is 0 Å². The highest BCUT2D eigenvalue weighted by Crippen LogP contribution is 2.15. The molecule has 0 amide bonds. The Bertz CT molecular complexity index is 106. The Hall–Kier alpha value is -0.600. The van der Waals surface area contributed by atoms with E-state index in [2.05, 4.69) is 17.6 Å². The molecular formula is C7H16N2O. The van der Waals surface area contributed by atoms with E-state index in [-0.39, 0.29) is 5.54 Å². The first-order valence-corrected chi connectivity index (χ1v) is 3.78. The Morgan fingerprint density at radius 1 is 1.50 bits per heavy atom. The predicted octanol–water partition coefficient (Wildman–Crippen LogP) is 2.23. The molecule has 60 valence electrons. The van der Waals surface area contributed by atoms with Crippen molar-refractivity contribution < 1.29 is 0 Å². The van der Waals surface area contributed by atoms with Crippen LogP contribution < -0.4 is 5.43 Å². The molecule has 0 aliphatic heterocycles. The lowest BCUT2D eigenvalue weighted by atomic mass is 9.94. The Balaban J connectivity index is 3.80. The Kier molecular flexibility index (Phi) is 4.00. The minimum Gasteiger partial charge on any atom is -0.268 e. The zero-order chi connectivity index (χ0) is 8.04. The monoisotopic (exact) mass is 144 g/mol. The third-order valence-corrected chi connectivity index (χ3v) is 1.90. The Morgan fingerprint density at radius 3 is 2.40 bits per heavy atom. The van der Waals surface area contributed by atoms with Gasteiger partial charge in [-0.15, -0.1) is 4.91 Å². The second-order valence-electron chi connectivity index (χ2n) is 2.87. The van der Waals surface area contributed by atoms with Gasteiger partial charge in [-0.2, -0.15) is 0 Å². The van der Waals surface area contributed by atoms with Gasteiger partial charge in [-0.05, 0) is 19.8 Å². The molecule has 0 aliphatic carbocycles. The number of hydrogen-bond acceptors (Lipinski definition) is 2. The zero-order valence-electron chi connectivity index (χ0n) is 6.98. The van der Waals surface area contributed by atoms with Crippen LogP contribution in [0.2, 0.25) is 0 Å². The van der Waals surface area contributed by atoms with Gasteiger partial charge in [0.15, 0.2) is 0 Å². The summed E-state index contributed by atoms with van der Waals surface area (Å²) >= 11 is 0. The molecule has 0 rings (SSSR count). The molecule has 1 N–H and O–H groups in total. The quantitative estimate of drug-likeness (QED) is 0.475. The molecule has 0 aromatic carbocycles. The van der Waals surface area contributed by atoms with Gasteiger partial charge in [-0.25, -0.2) is 0 Å². The fraction of sp³-hybridized carbons (Fsp3) is 1.00. The second kappa shape index (κ2) is 4.25. The highest BCUT2D eigenvalue weighted by molar-refractivity contribution is 4.78. The molecule has 3 heteroatoms. The summed E-state index contributed by atoms with van der Waals surface area (Å²) in [5, 5.41) is 2.70. The summed E-state index contributed by atoms with van der Waals surface area (Å²) in [5.41, 5.74) is 2.49. The first-order chi connectivity index (χ1) is 4.68. The first kappa shape index (κ1) is 9.40. The molecule has 0 spiro atoms. The maximum absolute atomic E-state index is 9.89. The number of hydrogen-bond donors (Lipinski definition) is 1. The maximum atomic E-state index is 9.89. The van der Waals surface area contributed by atoms with Crippen LogP contribution >= 0.6 is 0 Å². The third-order valence-electron chi connectivity index (χ3n) is 1.90. The summed E-state index contributed by atoms with van der Waals surface area (Å²) in [6.45, 7) is 6.16. The van der Waals surface area contributed by atoms with Crippen LogP contribution in [-0.2, 0) is 0 Å². The van der Waals surface area contributed by atoms with E-state index in [1.54, 1.807) is 0 Å². The van der Waals surface area contributed by atoms with Crippen LogP contribution in [0.5, 0.6) is 0 Å². The standard InChI is InChI=1S/C7H16N2O/c1-4-6-7(3,5-2)8-9-10/h4-6H2,1-3H3,(H,8,10). The predicted molar refractivity (Wildman–Crippen MR) is 42.5 cm³/mol. The van der Waals surface area contributed by atoms with Gasteiger partial charge in [0, 0.05) is 0 Å². The molecule has 0 aromatic heterocycles. The average Bonchev–Trinajstić information content (AvgIpc) is 1.89. The molecular weight excluding hydrogens is 128 g/mol. The van der Waals surface area contributed by atoms with E-state index in [4.69, 9.17) is 0 Å².